The van der Waals surface area contributed by atoms with Crippen LogP contribution in [0.1, 0.15) is 10.4 Å². The Bertz CT molecular complexity index is 795. The van der Waals surface area contributed by atoms with Crippen LogP contribution in [-0.2, 0) is 14.3 Å². The molecule has 0 aliphatic heterocycles. The van der Waals surface area contributed by atoms with Crippen LogP contribution in [-0.4, -0.2) is 37.4 Å². The van der Waals surface area contributed by atoms with Gasteiger partial charge in [0.1, 0.15) is 12.3 Å². The molecule has 0 heterocycles. The van der Waals surface area contributed by atoms with E-state index in [1.807, 2.05) is 6.07 Å². The molecular weight excluding hydrogens is 381 g/mol. The Kier molecular flexibility index (Phi) is 7.44. The highest BCUT2D eigenvalue weighted by Gasteiger charge is 2.14. The summed E-state index contributed by atoms with van der Waals surface area (Å²) in [5, 5.41) is 2.91. The Morgan fingerprint density at radius 1 is 0.962 bits per heavy atom. The van der Waals surface area contributed by atoms with E-state index in [1.165, 1.54) is 18.2 Å². The molecule has 0 aromatic heterocycles. The van der Waals surface area contributed by atoms with Crippen LogP contribution in [0.2, 0.25) is 10.0 Å². The summed E-state index contributed by atoms with van der Waals surface area (Å²) >= 11 is 11.7. The average Bonchev–Trinajstić information content (AvgIpc) is 2.63. The maximum atomic E-state index is 12.0. The van der Waals surface area contributed by atoms with Crippen LogP contribution in [0, 0.1) is 0 Å². The zero-order valence-electron chi connectivity index (χ0n) is 13.5. The summed E-state index contributed by atoms with van der Waals surface area (Å²) in [5.74, 6) is -1.18. The van der Waals surface area contributed by atoms with Gasteiger partial charge in [0.05, 0.1) is 5.02 Å². The number of rotatable bonds is 8. The zero-order valence-corrected chi connectivity index (χ0v) is 15.0. The van der Waals surface area contributed by atoms with Crippen molar-refractivity contribution in [2.75, 3.05) is 19.8 Å². The summed E-state index contributed by atoms with van der Waals surface area (Å²) < 4.78 is 10.1. The maximum absolute atomic E-state index is 12.0. The third-order valence-corrected chi connectivity index (χ3v) is 3.69. The second kappa shape index (κ2) is 9.79. The van der Waals surface area contributed by atoms with Crippen LogP contribution in [0.15, 0.2) is 48.5 Å². The predicted octanol–water partition coefficient (Wildman–Crippen LogP) is 2.91. The standard InChI is InChI=1S/C18H15Cl2NO5/c19-12-6-7-14(15(20)8-12)16(22)10-26-18(24)9-21-17(23)11-25-13-4-2-1-3-5-13/h1-8H,9-11H2,(H,21,23). The maximum Gasteiger partial charge on any atom is 0.325 e. The minimum absolute atomic E-state index is 0.171. The summed E-state index contributed by atoms with van der Waals surface area (Å²) in [6, 6.07) is 13.2. The molecule has 1 amide bonds. The molecule has 2 aromatic carbocycles. The third kappa shape index (κ3) is 6.38. The van der Waals surface area contributed by atoms with Crippen LogP contribution in [0.4, 0.5) is 0 Å². The molecule has 0 unspecified atom stereocenters. The predicted molar refractivity (Wildman–Crippen MR) is 96.7 cm³/mol. The lowest BCUT2D eigenvalue weighted by atomic mass is 10.1. The number of para-hydroxylation sites is 1. The second-order valence-corrected chi connectivity index (χ2v) is 5.93. The van der Waals surface area contributed by atoms with Gasteiger partial charge in [0.2, 0.25) is 5.78 Å². The van der Waals surface area contributed by atoms with Crippen LogP contribution in [0.3, 0.4) is 0 Å². The number of esters is 1. The van der Waals surface area contributed by atoms with Crippen molar-refractivity contribution in [2.45, 2.75) is 0 Å². The summed E-state index contributed by atoms with van der Waals surface area (Å²) in [4.78, 5) is 35.2. The van der Waals surface area contributed by atoms with Crippen molar-refractivity contribution in [1.82, 2.24) is 5.32 Å². The molecule has 6 nitrogen and oxygen atoms in total. The van der Waals surface area contributed by atoms with Crippen molar-refractivity contribution in [3.8, 4) is 5.75 Å². The molecule has 0 saturated heterocycles. The van der Waals surface area contributed by atoms with E-state index in [0.29, 0.717) is 10.8 Å². The Morgan fingerprint density at radius 3 is 2.38 bits per heavy atom. The van der Waals surface area contributed by atoms with Gasteiger partial charge in [-0.3, -0.25) is 14.4 Å². The van der Waals surface area contributed by atoms with Crippen molar-refractivity contribution >= 4 is 40.9 Å². The Morgan fingerprint density at radius 2 is 1.69 bits per heavy atom. The smallest absolute Gasteiger partial charge is 0.325 e. The Hall–Kier alpha value is -2.57. The number of carbonyl (C=O) groups excluding carboxylic acids is 3. The molecule has 1 N–H and O–H groups in total. The molecule has 2 rings (SSSR count). The number of hydrogen-bond donors (Lipinski definition) is 1. The first-order valence-corrected chi connectivity index (χ1v) is 8.29. The summed E-state index contributed by atoms with van der Waals surface area (Å²) in [7, 11) is 0. The first-order valence-electron chi connectivity index (χ1n) is 7.54. The second-order valence-electron chi connectivity index (χ2n) is 5.09. The van der Waals surface area contributed by atoms with E-state index < -0.39 is 24.3 Å². The molecule has 0 saturated carbocycles. The normalized spacial score (nSPS) is 10.1. The Labute approximate surface area is 160 Å². The van der Waals surface area contributed by atoms with Gasteiger partial charge in [0.25, 0.3) is 5.91 Å². The molecule has 2 aromatic rings. The molecule has 0 fully saturated rings. The van der Waals surface area contributed by atoms with Crippen molar-refractivity contribution in [3.05, 3.63) is 64.1 Å². The summed E-state index contributed by atoms with van der Waals surface area (Å²) in [5.41, 5.74) is 0.198. The fourth-order valence-corrected chi connectivity index (χ4v) is 2.39. The van der Waals surface area contributed by atoms with Gasteiger partial charge < -0.3 is 14.8 Å². The van der Waals surface area contributed by atoms with Gasteiger partial charge in [0.15, 0.2) is 13.2 Å². The minimum atomic E-state index is -0.753. The van der Waals surface area contributed by atoms with E-state index in [4.69, 9.17) is 32.7 Å². The number of benzene rings is 2. The van der Waals surface area contributed by atoms with Gasteiger partial charge in [-0.25, -0.2) is 0 Å². The molecule has 0 spiro atoms. The zero-order chi connectivity index (χ0) is 18.9. The molecule has 0 aliphatic carbocycles. The minimum Gasteiger partial charge on any atom is -0.484 e. The third-order valence-electron chi connectivity index (χ3n) is 3.14. The quantitative estimate of drug-likeness (QED) is 0.548. The number of ether oxygens (including phenoxy) is 2. The van der Waals surface area contributed by atoms with Gasteiger partial charge in [-0.15, -0.1) is 0 Å². The highest BCUT2D eigenvalue weighted by Crippen LogP contribution is 2.21. The molecule has 0 bridgehead atoms. The first-order chi connectivity index (χ1) is 12.5. The number of amides is 1. The fourth-order valence-electron chi connectivity index (χ4n) is 1.88. The van der Waals surface area contributed by atoms with Crippen molar-refractivity contribution in [2.24, 2.45) is 0 Å². The number of Topliss-reactive ketones (excluding diaryl/α,β-unsaturated/α-hetero) is 1. The van der Waals surface area contributed by atoms with E-state index in [1.54, 1.807) is 24.3 Å². The number of halogens is 2. The highest BCUT2D eigenvalue weighted by molar-refractivity contribution is 6.36. The lowest BCUT2D eigenvalue weighted by molar-refractivity contribution is -0.143. The molecule has 0 aliphatic rings. The topological polar surface area (TPSA) is 81.7 Å². The van der Waals surface area contributed by atoms with Crippen LogP contribution in [0.5, 0.6) is 5.75 Å². The highest BCUT2D eigenvalue weighted by atomic mass is 35.5. The average molecular weight is 396 g/mol. The lowest BCUT2D eigenvalue weighted by Crippen LogP contribution is -2.34. The molecule has 0 radical (unpaired) electrons. The summed E-state index contributed by atoms with van der Waals surface area (Å²) in [6.07, 6.45) is 0. The summed E-state index contributed by atoms with van der Waals surface area (Å²) in [6.45, 7) is -1.11. The van der Waals surface area contributed by atoms with Crippen molar-refractivity contribution < 1.29 is 23.9 Å². The molecule has 0 atom stereocenters. The van der Waals surface area contributed by atoms with Gasteiger partial charge in [-0.1, -0.05) is 41.4 Å². The SMILES string of the molecule is O=C(COc1ccccc1)NCC(=O)OCC(=O)c1ccc(Cl)cc1Cl. The van der Waals surface area contributed by atoms with Crippen LogP contribution >= 0.6 is 23.2 Å². The lowest BCUT2D eigenvalue weighted by Gasteiger charge is -2.08. The van der Waals surface area contributed by atoms with Gasteiger partial charge in [-0.2, -0.15) is 0 Å². The number of nitrogens with one attached hydrogen (secondary N) is 1. The van der Waals surface area contributed by atoms with Crippen molar-refractivity contribution in [1.29, 1.82) is 0 Å². The van der Waals surface area contributed by atoms with Gasteiger partial charge in [-0.05, 0) is 30.3 Å². The van der Waals surface area contributed by atoms with E-state index in [2.05, 4.69) is 5.32 Å². The van der Waals surface area contributed by atoms with Crippen molar-refractivity contribution in [3.63, 3.8) is 0 Å². The number of hydrogen-bond acceptors (Lipinski definition) is 5. The molecule has 8 heteroatoms. The monoisotopic (exact) mass is 395 g/mol. The van der Waals surface area contributed by atoms with Crippen LogP contribution < -0.4 is 10.1 Å². The molecule has 136 valence electrons. The van der Waals surface area contributed by atoms with E-state index in [9.17, 15) is 14.4 Å². The van der Waals surface area contributed by atoms with Gasteiger partial charge >= 0.3 is 5.97 Å². The molecular formula is C18H15Cl2NO5. The van der Waals surface area contributed by atoms with E-state index in [0.717, 1.165) is 0 Å². The fraction of sp³-hybridized carbons (Fsp3) is 0.167. The first kappa shape index (κ1) is 19.8. The number of carbonyl (C=O) groups is 3. The number of ketones is 1. The molecule has 26 heavy (non-hydrogen) atoms. The largest absolute Gasteiger partial charge is 0.484 e. The van der Waals surface area contributed by atoms with E-state index >= 15 is 0 Å². The van der Waals surface area contributed by atoms with Crippen LogP contribution in [0.25, 0.3) is 0 Å². The van der Waals surface area contributed by atoms with Gasteiger partial charge in [0, 0.05) is 10.6 Å². The Balaban J connectivity index is 1.69. The van der Waals surface area contributed by atoms with E-state index in [-0.39, 0.29) is 23.7 Å².